The molecule has 0 aromatic heterocycles. The van der Waals surface area contributed by atoms with Crippen molar-refractivity contribution in [1.82, 2.24) is 0 Å². The molecular weight excluding hydrogens is 316 g/mol. The van der Waals surface area contributed by atoms with E-state index in [-0.39, 0.29) is 11.3 Å². The zero-order valence-electron chi connectivity index (χ0n) is 15.0. The average Bonchev–Trinajstić information content (AvgIpc) is 2.60. The summed E-state index contributed by atoms with van der Waals surface area (Å²) in [6.45, 7) is 0. The number of amides is 2. The Morgan fingerprint density at radius 2 is 1.56 bits per heavy atom. The van der Waals surface area contributed by atoms with Crippen molar-refractivity contribution in [3.8, 4) is 0 Å². The van der Waals surface area contributed by atoms with Crippen LogP contribution in [0.25, 0.3) is 0 Å². The maximum atomic E-state index is 13.0. The second-order valence-electron chi connectivity index (χ2n) is 8.23. The van der Waals surface area contributed by atoms with Gasteiger partial charge in [0.1, 0.15) is 0 Å². The van der Waals surface area contributed by atoms with Crippen molar-refractivity contribution in [2.45, 2.75) is 38.5 Å². The van der Waals surface area contributed by atoms with E-state index in [4.69, 9.17) is 4.74 Å². The van der Waals surface area contributed by atoms with Crippen LogP contribution in [0.3, 0.4) is 0 Å². The summed E-state index contributed by atoms with van der Waals surface area (Å²) in [5.74, 6) is 2.47. The molecule has 5 heteroatoms. The molecule has 2 amide bonds. The summed E-state index contributed by atoms with van der Waals surface area (Å²) in [5, 5.41) is 3.13. The van der Waals surface area contributed by atoms with E-state index in [0.29, 0.717) is 0 Å². The van der Waals surface area contributed by atoms with Gasteiger partial charge in [-0.3, -0.25) is 9.69 Å². The summed E-state index contributed by atoms with van der Waals surface area (Å²) >= 11 is 0. The van der Waals surface area contributed by atoms with Crippen LogP contribution in [0.5, 0.6) is 0 Å². The van der Waals surface area contributed by atoms with E-state index < -0.39 is 6.09 Å². The molecule has 0 aliphatic heterocycles. The number of hydrogen-bond donors (Lipinski definition) is 1. The molecule has 4 bridgehead atoms. The highest BCUT2D eigenvalue weighted by molar-refractivity contribution is 5.96. The second-order valence-corrected chi connectivity index (χ2v) is 8.23. The van der Waals surface area contributed by atoms with Gasteiger partial charge in [-0.1, -0.05) is 0 Å². The van der Waals surface area contributed by atoms with Gasteiger partial charge in [-0.2, -0.15) is 0 Å². The number of carbonyl (C=O) groups is 2. The minimum Gasteiger partial charge on any atom is -0.452 e. The lowest BCUT2D eigenvalue weighted by atomic mass is 9.49. The summed E-state index contributed by atoms with van der Waals surface area (Å²) in [5.41, 5.74) is 1.39. The first-order chi connectivity index (χ1) is 12.0. The molecule has 4 aliphatic rings. The highest BCUT2D eigenvalue weighted by Crippen LogP contribution is 2.60. The number of nitrogens with zero attached hydrogens (tertiary/aromatic N) is 1. The molecule has 4 saturated carbocycles. The van der Waals surface area contributed by atoms with Gasteiger partial charge in [-0.15, -0.1) is 0 Å². The standard InChI is InChI=1S/C20H26N2O3/c1-22(19(24)25-2)17-5-3-16(4-6-17)21-18(23)20-10-13-7-14(11-20)9-15(8-13)12-20/h3-6,13-15H,7-12H2,1-2H3,(H,21,23). The fraction of sp³-hybridized carbons (Fsp3) is 0.600. The summed E-state index contributed by atoms with van der Waals surface area (Å²) in [6.07, 6.45) is 6.78. The quantitative estimate of drug-likeness (QED) is 0.902. The average molecular weight is 342 g/mol. The van der Waals surface area contributed by atoms with Gasteiger partial charge in [0.15, 0.2) is 0 Å². The third kappa shape index (κ3) is 2.90. The molecule has 5 nitrogen and oxygen atoms in total. The number of ether oxygens (including phenoxy) is 1. The van der Waals surface area contributed by atoms with Crippen molar-refractivity contribution in [3.05, 3.63) is 24.3 Å². The Morgan fingerprint density at radius 3 is 2.04 bits per heavy atom. The second kappa shape index (κ2) is 6.04. The molecular formula is C20H26N2O3. The first-order valence-corrected chi connectivity index (χ1v) is 9.22. The molecule has 4 aliphatic carbocycles. The van der Waals surface area contributed by atoms with E-state index in [2.05, 4.69) is 5.32 Å². The van der Waals surface area contributed by atoms with Gasteiger partial charge in [0, 0.05) is 18.4 Å². The number of hydrogen-bond acceptors (Lipinski definition) is 3. The van der Waals surface area contributed by atoms with Crippen LogP contribution in [-0.2, 0) is 9.53 Å². The zero-order chi connectivity index (χ0) is 17.6. The molecule has 1 N–H and O–H groups in total. The number of benzene rings is 1. The molecule has 0 radical (unpaired) electrons. The van der Waals surface area contributed by atoms with Gasteiger partial charge >= 0.3 is 6.09 Å². The van der Waals surface area contributed by atoms with Gasteiger partial charge in [0.05, 0.1) is 12.5 Å². The van der Waals surface area contributed by atoms with Crippen molar-refractivity contribution in [2.24, 2.45) is 23.2 Å². The van der Waals surface area contributed by atoms with Crippen LogP contribution in [0.2, 0.25) is 0 Å². The minimum absolute atomic E-state index is 0.143. The van der Waals surface area contributed by atoms with Crippen molar-refractivity contribution >= 4 is 23.4 Å². The van der Waals surface area contributed by atoms with Crippen molar-refractivity contribution in [1.29, 1.82) is 0 Å². The number of methoxy groups -OCH3 is 1. The van der Waals surface area contributed by atoms with Crippen LogP contribution in [0.1, 0.15) is 38.5 Å². The summed E-state index contributed by atoms with van der Waals surface area (Å²) in [6, 6.07) is 7.36. The lowest BCUT2D eigenvalue weighted by Gasteiger charge is -2.55. The molecule has 1 aromatic carbocycles. The van der Waals surface area contributed by atoms with E-state index in [9.17, 15) is 9.59 Å². The van der Waals surface area contributed by atoms with E-state index in [0.717, 1.165) is 48.4 Å². The predicted octanol–water partition coefficient (Wildman–Crippen LogP) is 4.04. The fourth-order valence-corrected chi connectivity index (χ4v) is 5.66. The van der Waals surface area contributed by atoms with Gasteiger partial charge in [-0.05, 0) is 80.5 Å². The summed E-state index contributed by atoms with van der Waals surface area (Å²) < 4.78 is 4.72. The van der Waals surface area contributed by atoms with Crippen molar-refractivity contribution in [2.75, 3.05) is 24.4 Å². The lowest BCUT2D eigenvalue weighted by Crippen LogP contribution is -2.51. The largest absolute Gasteiger partial charge is 0.452 e. The molecule has 0 heterocycles. The monoisotopic (exact) mass is 342 g/mol. The third-order valence-corrected chi connectivity index (χ3v) is 6.48. The fourth-order valence-electron chi connectivity index (χ4n) is 5.66. The van der Waals surface area contributed by atoms with Crippen molar-refractivity contribution in [3.63, 3.8) is 0 Å². The maximum Gasteiger partial charge on any atom is 0.413 e. The predicted molar refractivity (Wildman–Crippen MR) is 96.5 cm³/mol. The van der Waals surface area contributed by atoms with Gasteiger partial charge in [0.2, 0.25) is 5.91 Å². The number of nitrogens with one attached hydrogen (secondary N) is 1. The van der Waals surface area contributed by atoms with E-state index in [1.54, 1.807) is 7.05 Å². The number of anilines is 2. The van der Waals surface area contributed by atoms with Crippen LogP contribution in [0.4, 0.5) is 16.2 Å². The Balaban J connectivity index is 1.45. The van der Waals surface area contributed by atoms with E-state index in [1.165, 1.54) is 31.3 Å². The SMILES string of the molecule is COC(=O)N(C)c1ccc(NC(=O)C23CC4CC(CC(C4)C2)C3)cc1. The highest BCUT2D eigenvalue weighted by atomic mass is 16.5. The molecule has 4 fully saturated rings. The van der Waals surface area contributed by atoms with Gasteiger partial charge in [-0.25, -0.2) is 4.79 Å². The molecule has 0 saturated heterocycles. The molecule has 25 heavy (non-hydrogen) atoms. The van der Waals surface area contributed by atoms with Gasteiger partial charge in [0.25, 0.3) is 0 Å². The van der Waals surface area contributed by atoms with Crippen LogP contribution in [0.15, 0.2) is 24.3 Å². The smallest absolute Gasteiger partial charge is 0.413 e. The zero-order valence-corrected chi connectivity index (χ0v) is 15.0. The Morgan fingerprint density at radius 1 is 1.04 bits per heavy atom. The van der Waals surface area contributed by atoms with Crippen LogP contribution < -0.4 is 10.2 Å². The topological polar surface area (TPSA) is 58.6 Å². The maximum absolute atomic E-state index is 13.0. The molecule has 5 rings (SSSR count). The first kappa shape index (κ1) is 16.4. The summed E-state index contributed by atoms with van der Waals surface area (Å²) in [4.78, 5) is 26.0. The molecule has 0 atom stereocenters. The highest BCUT2D eigenvalue weighted by Gasteiger charge is 2.54. The molecule has 0 unspecified atom stereocenters. The Bertz CT molecular complexity index is 647. The third-order valence-electron chi connectivity index (χ3n) is 6.48. The van der Waals surface area contributed by atoms with Crippen LogP contribution in [0, 0.1) is 23.2 Å². The van der Waals surface area contributed by atoms with Crippen molar-refractivity contribution < 1.29 is 14.3 Å². The van der Waals surface area contributed by atoms with E-state index >= 15 is 0 Å². The Labute approximate surface area is 148 Å². The first-order valence-electron chi connectivity index (χ1n) is 9.22. The van der Waals surface area contributed by atoms with Crippen LogP contribution >= 0.6 is 0 Å². The summed E-state index contributed by atoms with van der Waals surface area (Å²) in [7, 11) is 3.02. The molecule has 1 aromatic rings. The normalized spacial score (nSPS) is 32.3. The molecule has 134 valence electrons. The Kier molecular flexibility index (Phi) is 3.97. The minimum atomic E-state index is -0.412. The lowest BCUT2D eigenvalue weighted by molar-refractivity contribution is -0.140. The van der Waals surface area contributed by atoms with E-state index in [1.807, 2.05) is 24.3 Å². The number of carbonyl (C=O) groups excluding carboxylic acids is 2. The van der Waals surface area contributed by atoms with Crippen LogP contribution in [-0.4, -0.2) is 26.2 Å². The molecule has 0 spiro atoms. The van der Waals surface area contributed by atoms with Gasteiger partial charge < -0.3 is 10.1 Å². The Hall–Kier alpha value is -2.04. The number of rotatable bonds is 3.